The molecule has 0 aliphatic carbocycles. The SMILES string of the molecule is Cc1cc(F)c(C(=O)Nc2ccc(-c3cc(C(F)(F)F)nn3C)cn2)c(F)c1. The molecule has 0 aliphatic rings. The number of anilines is 1. The first-order valence-corrected chi connectivity index (χ1v) is 7.91. The van der Waals surface area contributed by atoms with Gasteiger partial charge in [-0.25, -0.2) is 13.8 Å². The second-order valence-corrected chi connectivity index (χ2v) is 6.03. The first-order valence-electron chi connectivity index (χ1n) is 7.91. The molecule has 5 nitrogen and oxygen atoms in total. The quantitative estimate of drug-likeness (QED) is 0.670. The Morgan fingerprint density at radius 3 is 2.25 bits per heavy atom. The van der Waals surface area contributed by atoms with Crippen molar-refractivity contribution in [1.29, 1.82) is 0 Å². The zero-order valence-electron chi connectivity index (χ0n) is 14.6. The molecule has 0 aliphatic heterocycles. The van der Waals surface area contributed by atoms with Crippen molar-refractivity contribution in [2.45, 2.75) is 13.1 Å². The van der Waals surface area contributed by atoms with Crippen molar-refractivity contribution >= 4 is 11.7 Å². The number of hydrogen-bond donors (Lipinski definition) is 1. The van der Waals surface area contributed by atoms with Crippen molar-refractivity contribution in [2.24, 2.45) is 7.05 Å². The molecule has 0 unspecified atom stereocenters. The van der Waals surface area contributed by atoms with E-state index in [2.05, 4.69) is 15.4 Å². The molecule has 2 heterocycles. The highest BCUT2D eigenvalue weighted by Crippen LogP contribution is 2.31. The molecule has 10 heteroatoms. The Morgan fingerprint density at radius 1 is 1.11 bits per heavy atom. The first kappa shape index (κ1) is 19.5. The molecule has 0 fully saturated rings. The van der Waals surface area contributed by atoms with E-state index in [1.165, 1.54) is 32.3 Å². The number of nitrogens with zero attached hydrogens (tertiary/aromatic N) is 3. The van der Waals surface area contributed by atoms with Gasteiger partial charge in [0.2, 0.25) is 0 Å². The van der Waals surface area contributed by atoms with Gasteiger partial charge in [0.15, 0.2) is 5.69 Å². The van der Waals surface area contributed by atoms with E-state index in [4.69, 9.17) is 0 Å². The molecule has 3 aromatic rings. The molecule has 3 rings (SSSR count). The third-order valence-electron chi connectivity index (χ3n) is 3.88. The number of amides is 1. The van der Waals surface area contributed by atoms with E-state index >= 15 is 0 Å². The Bertz CT molecular complexity index is 1020. The monoisotopic (exact) mass is 396 g/mol. The van der Waals surface area contributed by atoms with Crippen molar-refractivity contribution in [1.82, 2.24) is 14.8 Å². The summed E-state index contributed by atoms with van der Waals surface area (Å²) in [6.45, 7) is 1.48. The lowest BCUT2D eigenvalue weighted by Gasteiger charge is -2.08. The number of rotatable bonds is 3. The third-order valence-corrected chi connectivity index (χ3v) is 3.88. The zero-order chi connectivity index (χ0) is 20.6. The molecule has 146 valence electrons. The highest BCUT2D eigenvalue weighted by molar-refractivity contribution is 6.04. The van der Waals surface area contributed by atoms with Crippen LogP contribution in [0.1, 0.15) is 21.6 Å². The molecular weight excluding hydrogens is 383 g/mol. The molecule has 2 aromatic heterocycles. The Hall–Kier alpha value is -3.30. The van der Waals surface area contributed by atoms with Crippen molar-refractivity contribution < 1.29 is 26.7 Å². The molecule has 28 heavy (non-hydrogen) atoms. The van der Waals surface area contributed by atoms with Crippen LogP contribution >= 0.6 is 0 Å². The van der Waals surface area contributed by atoms with Crippen LogP contribution in [0.3, 0.4) is 0 Å². The predicted octanol–water partition coefficient (Wildman–Crippen LogP) is 4.34. The minimum Gasteiger partial charge on any atom is -0.306 e. The van der Waals surface area contributed by atoms with Crippen molar-refractivity contribution in [3.63, 3.8) is 0 Å². The Balaban J connectivity index is 1.82. The maximum atomic E-state index is 13.9. The second-order valence-electron chi connectivity index (χ2n) is 6.03. The third kappa shape index (κ3) is 3.85. The highest BCUT2D eigenvalue weighted by Gasteiger charge is 2.34. The van der Waals surface area contributed by atoms with Crippen molar-refractivity contribution in [3.05, 3.63) is 65.0 Å². The van der Waals surface area contributed by atoms with Crippen LogP contribution in [-0.2, 0) is 13.2 Å². The summed E-state index contributed by atoms with van der Waals surface area (Å²) in [5, 5.41) is 5.66. The van der Waals surface area contributed by atoms with Gasteiger partial charge in [-0.05, 0) is 42.8 Å². The second kappa shape index (κ2) is 7.02. The molecule has 0 saturated heterocycles. The number of benzene rings is 1. The van der Waals surface area contributed by atoms with E-state index in [-0.39, 0.29) is 11.5 Å². The van der Waals surface area contributed by atoms with Crippen LogP contribution in [0.15, 0.2) is 36.5 Å². The van der Waals surface area contributed by atoms with Gasteiger partial charge in [-0.3, -0.25) is 9.48 Å². The van der Waals surface area contributed by atoms with Crippen molar-refractivity contribution in [2.75, 3.05) is 5.32 Å². The van der Waals surface area contributed by atoms with E-state index < -0.39 is 35.0 Å². The summed E-state index contributed by atoms with van der Waals surface area (Å²) >= 11 is 0. The van der Waals surface area contributed by atoms with Gasteiger partial charge < -0.3 is 5.32 Å². The summed E-state index contributed by atoms with van der Waals surface area (Å²) in [4.78, 5) is 16.0. The molecule has 0 spiro atoms. The molecule has 0 radical (unpaired) electrons. The molecule has 1 amide bonds. The Labute approximate surface area is 155 Å². The molecular formula is C18H13F5N4O. The smallest absolute Gasteiger partial charge is 0.306 e. The lowest BCUT2D eigenvalue weighted by Crippen LogP contribution is -2.16. The van der Waals surface area contributed by atoms with Gasteiger partial charge in [0.1, 0.15) is 23.0 Å². The highest BCUT2D eigenvalue weighted by atomic mass is 19.4. The van der Waals surface area contributed by atoms with E-state index in [1.54, 1.807) is 0 Å². The molecule has 1 aromatic carbocycles. The summed E-state index contributed by atoms with van der Waals surface area (Å²) < 4.78 is 67.1. The average Bonchev–Trinajstić information content (AvgIpc) is 2.96. The molecule has 0 saturated carbocycles. The molecule has 0 bridgehead atoms. The summed E-state index contributed by atoms with van der Waals surface area (Å²) in [6, 6.07) is 5.62. The minimum absolute atomic E-state index is 0.0219. The van der Waals surface area contributed by atoms with Gasteiger partial charge in [-0.15, -0.1) is 0 Å². The van der Waals surface area contributed by atoms with Gasteiger partial charge in [0, 0.05) is 18.8 Å². The summed E-state index contributed by atoms with van der Waals surface area (Å²) in [5.74, 6) is -3.08. The Morgan fingerprint density at radius 2 is 1.75 bits per heavy atom. The number of pyridine rings is 1. The van der Waals surface area contributed by atoms with Gasteiger partial charge in [-0.2, -0.15) is 18.3 Å². The van der Waals surface area contributed by atoms with Crippen LogP contribution in [0.4, 0.5) is 27.8 Å². The van der Waals surface area contributed by atoms with Crippen LogP contribution < -0.4 is 5.32 Å². The fraction of sp³-hybridized carbons (Fsp3) is 0.167. The zero-order valence-corrected chi connectivity index (χ0v) is 14.6. The lowest BCUT2D eigenvalue weighted by atomic mass is 10.1. The number of carbonyl (C=O) groups is 1. The minimum atomic E-state index is -4.58. The Kier molecular flexibility index (Phi) is 4.88. The van der Waals surface area contributed by atoms with Gasteiger partial charge in [0.25, 0.3) is 5.91 Å². The largest absolute Gasteiger partial charge is 0.435 e. The molecule has 0 atom stereocenters. The number of aryl methyl sites for hydroxylation is 2. The lowest BCUT2D eigenvalue weighted by molar-refractivity contribution is -0.141. The van der Waals surface area contributed by atoms with Crippen LogP contribution in [-0.4, -0.2) is 20.7 Å². The number of hydrogen-bond acceptors (Lipinski definition) is 3. The maximum Gasteiger partial charge on any atom is 0.435 e. The number of nitrogens with one attached hydrogen (secondary N) is 1. The maximum absolute atomic E-state index is 13.9. The summed E-state index contributed by atoms with van der Waals surface area (Å²) in [6.07, 6.45) is -3.37. The van der Waals surface area contributed by atoms with Crippen LogP contribution in [0.2, 0.25) is 0 Å². The molecule has 1 N–H and O–H groups in total. The first-order chi connectivity index (χ1) is 13.1. The van der Waals surface area contributed by atoms with E-state index in [0.717, 1.165) is 22.9 Å². The average molecular weight is 396 g/mol. The van der Waals surface area contributed by atoms with Crippen LogP contribution in [0, 0.1) is 18.6 Å². The van der Waals surface area contributed by atoms with Gasteiger partial charge >= 0.3 is 6.18 Å². The number of alkyl halides is 3. The fourth-order valence-electron chi connectivity index (χ4n) is 2.59. The predicted molar refractivity (Wildman–Crippen MR) is 90.5 cm³/mol. The van der Waals surface area contributed by atoms with E-state index in [9.17, 15) is 26.7 Å². The van der Waals surface area contributed by atoms with Crippen molar-refractivity contribution in [3.8, 4) is 11.3 Å². The van der Waals surface area contributed by atoms with Gasteiger partial charge in [0.05, 0.1) is 5.69 Å². The van der Waals surface area contributed by atoms with E-state index in [1.807, 2.05) is 0 Å². The number of aromatic nitrogens is 3. The van der Waals surface area contributed by atoms with E-state index in [0.29, 0.717) is 11.1 Å². The number of halogens is 5. The standard InChI is InChI=1S/C18H13F5N4O/c1-9-5-11(19)16(12(20)6-9)17(28)25-15-4-3-10(8-24-15)13-7-14(18(21,22)23)26-27(13)2/h3-8H,1-2H3,(H,24,25,28). The van der Waals surface area contributed by atoms with Crippen LogP contribution in [0.5, 0.6) is 0 Å². The normalized spacial score (nSPS) is 11.5. The summed E-state index contributed by atoms with van der Waals surface area (Å²) in [7, 11) is 1.35. The topological polar surface area (TPSA) is 59.8 Å². The van der Waals surface area contributed by atoms with Crippen LogP contribution in [0.25, 0.3) is 11.3 Å². The summed E-state index contributed by atoms with van der Waals surface area (Å²) in [5.41, 5.74) is -1.00. The fourth-order valence-corrected chi connectivity index (χ4v) is 2.59. The van der Waals surface area contributed by atoms with Gasteiger partial charge in [-0.1, -0.05) is 0 Å². The number of carbonyl (C=O) groups excluding carboxylic acids is 1.